The van der Waals surface area contributed by atoms with Crippen LogP contribution in [-0.4, -0.2) is 53.0 Å². The fourth-order valence-corrected chi connectivity index (χ4v) is 5.13. The Hall–Kier alpha value is -2.16. The highest BCUT2D eigenvalue weighted by Gasteiger charge is 2.33. The summed E-state index contributed by atoms with van der Waals surface area (Å²) in [5, 5.41) is 7.45. The number of urea groups is 1. The normalized spacial score (nSPS) is 19.0. The molecule has 1 unspecified atom stereocenters. The Labute approximate surface area is 181 Å². The fourth-order valence-electron chi connectivity index (χ4n) is 4.45. The largest absolute Gasteiger partial charge is 0.467 e. The summed E-state index contributed by atoms with van der Waals surface area (Å²) in [6.07, 6.45) is 11.4. The number of rotatable bonds is 6. The maximum Gasteiger partial charge on any atom is 0.328 e. The van der Waals surface area contributed by atoms with Crippen molar-refractivity contribution in [3.05, 3.63) is 11.1 Å². The first-order valence-corrected chi connectivity index (χ1v) is 11.8. The van der Waals surface area contributed by atoms with E-state index in [4.69, 9.17) is 0 Å². The molecule has 1 aromatic rings. The number of nitrogens with one attached hydrogen (secondary N) is 2. The number of esters is 1. The van der Waals surface area contributed by atoms with Gasteiger partial charge in [0.15, 0.2) is 5.13 Å². The van der Waals surface area contributed by atoms with Gasteiger partial charge in [-0.25, -0.2) is 14.6 Å². The summed E-state index contributed by atoms with van der Waals surface area (Å²) in [6.45, 7) is 1.55. The van der Waals surface area contributed by atoms with E-state index < -0.39 is 17.9 Å². The molecule has 2 fully saturated rings. The van der Waals surface area contributed by atoms with Gasteiger partial charge in [0, 0.05) is 17.5 Å². The second kappa shape index (κ2) is 10.7. The number of amides is 3. The summed E-state index contributed by atoms with van der Waals surface area (Å²) >= 11 is 1.21. The second-order valence-corrected chi connectivity index (χ2v) is 9.04. The third-order valence-electron chi connectivity index (χ3n) is 6.02. The second-order valence-electron chi connectivity index (χ2n) is 8.18. The lowest BCUT2D eigenvalue weighted by Crippen LogP contribution is -2.50. The number of carbonyl (C=O) groups is 3. The third-order valence-corrected chi connectivity index (χ3v) is 6.78. The molecule has 2 N–H and O–H groups in total. The van der Waals surface area contributed by atoms with Crippen LogP contribution in [0.4, 0.5) is 9.93 Å². The molecule has 0 bridgehead atoms. The first-order valence-electron chi connectivity index (χ1n) is 10.9. The molecule has 3 rings (SSSR count). The highest BCUT2D eigenvalue weighted by Crippen LogP contribution is 2.31. The maximum absolute atomic E-state index is 13.2. The highest BCUT2D eigenvalue weighted by atomic mass is 32.1. The molecule has 2 saturated carbocycles. The van der Waals surface area contributed by atoms with Crippen LogP contribution in [0.1, 0.15) is 81.6 Å². The minimum Gasteiger partial charge on any atom is -0.467 e. The van der Waals surface area contributed by atoms with Crippen LogP contribution in [0.15, 0.2) is 5.38 Å². The van der Waals surface area contributed by atoms with Gasteiger partial charge in [-0.3, -0.25) is 10.1 Å². The van der Waals surface area contributed by atoms with Gasteiger partial charge >= 0.3 is 12.0 Å². The number of methoxy groups -OCH3 is 1. The van der Waals surface area contributed by atoms with E-state index in [0.29, 0.717) is 5.13 Å². The zero-order valence-corrected chi connectivity index (χ0v) is 18.6. The minimum absolute atomic E-state index is 0.113. The summed E-state index contributed by atoms with van der Waals surface area (Å²) in [7, 11) is 1.27. The molecule has 2 aliphatic rings. The van der Waals surface area contributed by atoms with Crippen LogP contribution < -0.4 is 10.6 Å². The van der Waals surface area contributed by atoms with Crippen molar-refractivity contribution < 1.29 is 19.1 Å². The van der Waals surface area contributed by atoms with Crippen LogP contribution >= 0.6 is 11.3 Å². The molecule has 1 heterocycles. The molecule has 30 heavy (non-hydrogen) atoms. The molecule has 0 aromatic carbocycles. The average Bonchev–Trinajstić information content (AvgIpc) is 3.23. The van der Waals surface area contributed by atoms with Gasteiger partial charge in [0.2, 0.25) is 0 Å². The molecule has 0 aliphatic heterocycles. The zero-order chi connectivity index (χ0) is 21.5. The SMILES string of the molecule is COC(=O)C(C)NC(=O)c1csc(NC(=O)N(C2CCCCC2)C2CCCCC2)n1. The predicted octanol–water partition coefficient (Wildman–Crippen LogP) is 3.93. The average molecular weight is 437 g/mol. The Morgan fingerprint density at radius 2 is 1.63 bits per heavy atom. The summed E-state index contributed by atoms with van der Waals surface area (Å²) in [5.41, 5.74) is 0.174. The summed E-state index contributed by atoms with van der Waals surface area (Å²) in [5.74, 6) is -0.997. The van der Waals surface area contributed by atoms with Crippen molar-refractivity contribution in [1.29, 1.82) is 0 Å². The Morgan fingerprint density at radius 3 is 2.17 bits per heavy atom. The zero-order valence-electron chi connectivity index (χ0n) is 17.8. The number of thiazole rings is 1. The third kappa shape index (κ3) is 5.71. The fraction of sp³-hybridized carbons (Fsp3) is 0.714. The van der Waals surface area contributed by atoms with Crippen LogP contribution in [0.5, 0.6) is 0 Å². The van der Waals surface area contributed by atoms with E-state index in [9.17, 15) is 14.4 Å². The van der Waals surface area contributed by atoms with Crippen molar-refractivity contribution in [3.63, 3.8) is 0 Å². The summed E-state index contributed by atoms with van der Waals surface area (Å²) in [6, 6.07) is -0.315. The Kier molecular flexibility index (Phi) is 8.07. The molecule has 3 amide bonds. The standard InChI is InChI=1S/C21H32N4O4S/c1-14(19(27)29-2)22-18(26)17-13-30-20(23-17)24-21(28)25(15-9-5-3-6-10-15)16-11-7-4-8-12-16/h13-16H,3-12H2,1-2H3,(H,22,26)(H,23,24,28). The first kappa shape index (κ1) is 22.5. The monoisotopic (exact) mass is 436 g/mol. The smallest absolute Gasteiger partial charge is 0.328 e. The van der Waals surface area contributed by atoms with Crippen molar-refractivity contribution in [2.24, 2.45) is 0 Å². The summed E-state index contributed by atoms with van der Waals surface area (Å²) < 4.78 is 4.61. The Balaban J connectivity index is 1.65. The number of nitrogens with zero attached hydrogens (tertiary/aromatic N) is 2. The van der Waals surface area contributed by atoms with Crippen LogP contribution in [0.3, 0.4) is 0 Å². The molecular formula is C21H32N4O4S. The van der Waals surface area contributed by atoms with Crippen LogP contribution in [0.2, 0.25) is 0 Å². The van der Waals surface area contributed by atoms with E-state index in [1.807, 2.05) is 0 Å². The van der Waals surface area contributed by atoms with Gasteiger partial charge in [0.25, 0.3) is 5.91 Å². The molecule has 1 atom stereocenters. The molecule has 1 aromatic heterocycles. The maximum atomic E-state index is 13.2. The van der Waals surface area contributed by atoms with Gasteiger partial charge in [0.05, 0.1) is 7.11 Å². The molecule has 0 spiro atoms. The lowest BCUT2D eigenvalue weighted by atomic mass is 9.89. The van der Waals surface area contributed by atoms with Crippen LogP contribution in [-0.2, 0) is 9.53 Å². The predicted molar refractivity (Wildman–Crippen MR) is 116 cm³/mol. The molecule has 8 nitrogen and oxygen atoms in total. The van der Waals surface area contributed by atoms with Crippen molar-refractivity contribution in [2.75, 3.05) is 12.4 Å². The van der Waals surface area contributed by atoms with E-state index in [1.54, 1.807) is 12.3 Å². The topological polar surface area (TPSA) is 101 Å². The number of aromatic nitrogens is 1. The van der Waals surface area contributed by atoms with Crippen LogP contribution in [0, 0.1) is 0 Å². The lowest BCUT2D eigenvalue weighted by Gasteiger charge is -2.41. The highest BCUT2D eigenvalue weighted by molar-refractivity contribution is 7.14. The van der Waals surface area contributed by atoms with Gasteiger partial charge in [-0.05, 0) is 32.6 Å². The van der Waals surface area contributed by atoms with E-state index in [1.165, 1.54) is 57.0 Å². The van der Waals surface area contributed by atoms with Crippen molar-refractivity contribution in [3.8, 4) is 0 Å². The van der Waals surface area contributed by atoms with Crippen LogP contribution in [0.25, 0.3) is 0 Å². The first-order chi connectivity index (χ1) is 14.5. The number of ether oxygens (including phenoxy) is 1. The molecule has 2 aliphatic carbocycles. The molecule has 0 radical (unpaired) electrons. The molecular weight excluding hydrogens is 404 g/mol. The number of carbonyl (C=O) groups excluding carboxylic acids is 3. The van der Waals surface area contributed by atoms with Gasteiger partial charge in [-0.2, -0.15) is 0 Å². The van der Waals surface area contributed by atoms with E-state index in [-0.39, 0.29) is 23.8 Å². The van der Waals surface area contributed by atoms with E-state index in [0.717, 1.165) is 25.7 Å². The minimum atomic E-state index is -0.768. The van der Waals surface area contributed by atoms with E-state index in [2.05, 4.69) is 25.3 Å². The number of hydrogen-bond acceptors (Lipinski definition) is 6. The quantitative estimate of drug-likeness (QED) is 0.658. The Morgan fingerprint density at radius 1 is 1.07 bits per heavy atom. The molecule has 0 saturated heterocycles. The number of anilines is 1. The van der Waals surface area contributed by atoms with Crippen molar-refractivity contribution in [2.45, 2.75) is 89.3 Å². The Bertz CT molecular complexity index is 723. The van der Waals surface area contributed by atoms with Crippen molar-refractivity contribution in [1.82, 2.24) is 15.2 Å². The van der Waals surface area contributed by atoms with Crippen molar-refractivity contribution >= 4 is 34.4 Å². The molecule has 9 heteroatoms. The lowest BCUT2D eigenvalue weighted by molar-refractivity contribution is -0.142. The van der Waals surface area contributed by atoms with Gasteiger partial charge < -0.3 is 15.0 Å². The van der Waals surface area contributed by atoms with E-state index >= 15 is 0 Å². The van der Waals surface area contributed by atoms with Gasteiger partial charge in [-0.15, -0.1) is 11.3 Å². The van der Waals surface area contributed by atoms with Gasteiger partial charge in [0.1, 0.15) is 11.7 Å². The van der Waals surface area contributed by atoms with Gasteiger partial charge in [-0.1, -0.05) is 38.5 Å². The molecule has 166 valence electrons. The number of hydrogen-bond donors (Lipinski definition) is 2. The summed E-state index contributed by atoms with van der Waals surface area (Å²) in [4.78, 5) is 43.3.